The summed E-state index contributed by atoms with van der Waals surface area (Å²) in [7, 11) is 0. The first kappa shape index (κ1) is 14.6. The van der Waals surface area contributed by atoms with E-state index >= 15 is 0 Å². The van der Waals surface area contributed by atoms with Gasteiger partial charge in [0.15, 0.2) is 5.76 Å². The second-order valence-electron chi connectivity index (χ2n) is 3.91. The van der Waals surface area contributed by atoms with E-state index in [0.717, 1.165) is 12.1 Å². The third-order valence-electron chi connectivity index (χ3n) is 2.44. The van der Waals surface area contributed by atoms with Crippen LogP contribution in [0.5, 0.6) is 0 Å². The number of benzene rings is 1. The smallest absolute Gasteiger partial charge is 0.307 e. The number of carbonyl (C=O) groups excluding carboxylic acids is 1. The molecule has 0 bridgehead atoms. The van der Waals surface area contributed by atoms with Gasteiger partial charge in [0.1, 0.15) is 23.9 Å². The van der Waals surface area contributed by atoms with E-state index in [1.807, 2.05) is 0 Å². The number of rotatable bonds is 5. The third kappa shape index (κ3) is 3.63. The topological polar surface area (TPSA) is 52.3 Å². The van der Waals surface area contributed by atoms with Gasteiger partial charge in [-0.05, 0) is 12.1 Å². The Morgan fingerprint density at radius 1 is 1.35 bits per heavy atom. The lowest BCUT2D eigenvalue weighted by Crippen LogP contribution is -2.04. The number of hydrogen-bond acceptors (Lipinski definition) is 4. The summed E-state index contributed by atoms with van der Waals surface area (Å²) in [4.78, 5) is 11.2. The van der Waals surface area contributed by atoms with Crippen molar-refractivity contribution in [2.45, 2.75) is 13.0 Å². The van der Waals surface area contributed by atoms with Crippen LogP contribution in [0.2, 0.25) is 0 Å². The molecule has 2 rings (SSSR count). The molecule has 1 aromatic heterocycles. The van der Waals surface area contributed by atoms with Gasteiger partial charge in [-0.15, -0.1) is 0 Å². The molecule has 0 saturated heterocycles. The molecule has 0 N–H and O–H groups in total. The second-order valence-corrected chi connectivity index (χ2v) is 4.70. The molecule has 0 radical (unpaired) electrons. The van der Waals surface area contributed by atoms with Crippen LogP contribution in [0.1, 0.15) is 12.1 Å². The lowest BCUT2D eigenvalue weighted by molar-refractivity contribution is -0.144. The van der Waals surface area contributed by atoms with Crippen molar-refractivity contribution in [1.82, 2.24) is 5.16 Å². The molecule has 4 nitrogen and oxygen atoms in total. The highest BCUT2D eigenvalue weighted by Gasteiger charge is 2.13. The average molecular weight is 346 g/mol. The van der Waals surface area contributed by atoms with Crippen LogP contribution in [0.3, 0.4) is 0 Å². The molecule has 0 unspecified atom stereocenters. The fraction of sp³-hybridized carbons (Fsp3) is 0.231. The lowest BCUT2D eigenvalue weighted by Gasteiger charge is -1.99. The van der Waals surface area contributed by atoms with E-state index in [0.29, 0.717) is 11.0 Å². The van der Waals surface area contributed by atoms with E-state index in [4.69, 9.17) is 9.26 Å². The fourth-order valence-corrected chi connectivity index (χ4v) is 1.82. The van der Waals surface area contributed by atoms with Crippen LogP contribution in [0, 0.1) is 11.6 Å². The normalized spacial score (nSPS) is 10.6. The van der Waals surface area contributed by atoms with E-state index in [1.54, 1.807) is 0 Å². The summed E-state index contributed by atoms with van der Waals surface area (Å²) < 4.78 is 36.2. The standard InChI is InChI=1S/C13H10BrF2NO3/c14-4-3-13(18)19-7-9-6-12(20-17-9)10-2-1-8(15)5-11(10)16/h1-2,5-6H,3-4,7H2. The van der Waals surface area contributed by atoms with Crippen molar-refractivity contribution in [3.05, 3.63) is 41.6 Å². The Morgan fingerprint density at radius 3 is 2.85 bits per heavy atom. The van der Waals surface area contributed by atoms with Gasteiger partial charge in [-0.25, -0.2) is 8.78 Å². The van der Waals surface area contributed by atoms with Crippen LogP contribution < -0.4 is 0 Å². The van der Waals surface area contributed by atoms with Crippen LogP contribution in [0.25, 0.3) is 11.3 Å². The molecule has 0 atom stereocenters. The van der Waals surface area contributed by atoms with Crippen LogP contribution in [-0.2, 0) is 16.1 Å². The van der Waals surface area contributed by atoms with E-state index in [9.17, 15) is 13.6 Å². The van der Waals surface area contributed by atoms with Crippen LogP contribution in [0.15, 0.2) is 28.8 Å². The van der Waals surface area contributed by atoms with Crippen LogP contribution in [0.4, 0.5) is 8.78 Å². The zero-order valence-corrected chi connectivity index (χ0v) is 11.8. The fourth-order valence-electron chi connectivity index (χ4n) is 1.50. The minimum absolute atomic E-state index is 0.0574. The monoisotopic (exact) mass is 345 g/mol. The highest BCUT2D eigenvalue weighted by Crippen LogP contribution is 2.24. The summed E-state index contributed by atoms with van der Waals surface area (Å²) in [6.45, 7) is -0.0574. The quantitative estimate of drug-likeness (QED) is 0.615. The van der Waals surface area contributed by atoms with Crippen LogP contribution in [-0.4, -0.2) is 16.5 Å². The van der Waals surface area contributed by atoms with Gasteiger partial charge in [0, 0.05) is 17.5 Å². The molecule has 1 aromatic carbocycles. The van der Waals surface area contributed by atoms with Gasteiger partial charge in [0.25, 0.3) is 0 Å². The minimum Gasteiger partial charge on any atom is -0.459 e. The molecular formula is C13H10BrF2NO3. The number of esters is 1. The van der Waals surface area contributed by atoms with Crippen molar-refractivity contribution in [1.29, 1.82) is 0 Å². The van der Waals surface area contributed by atoms with E-state index < -0.39 is 11.6 Å². The van der Waals surface area contributed by atoms with Gasteiger partial charge in [-0.3, -0.25) is 4.79 Å². The zero-order chi connectivity index (χ0) is 14.5. The van der Waals surface area contributed by atoms with Gasteiger partial charge >= 0.3 is 5.97 Å². The molecule has 1 heterocycles. The maximum absolute atomic E-state index is 13.5. The summed E-state index contributed by atoms with van der Waals surface area (Å²) in [6, 6.07) is 4.58. The maximum atomic E-state index is 13.5. The molecule has 0 aliphatic carbocycles. The molecular weight excluding hydrogens is 336 g/mol. The number of halogens is 3. The van der Waals surface area contributed by atoms with Crippen molar-refractivity contribution in [3.63, 3.8) is 0 Å². The molecule has 106 valence electrons. The average Bonchev–Trinajstić information content (AvgIpc) is 2.85. The molecule has 0 amide bonds. The number of nitrogens with zero attached hydrogens (tertiary/aromatic N) is 1. The number of ether oxygens (including phenoxy) is 1. The molecule has 0 saturated carbocycles. The Labute approximate surface area is 121 Å². The largest absolute Gasteiger partial charge is 0.459 e. The predicted molar refractivity (Wildman–Crippen MR) is 70.1 cm³/mol. The Hall–Kier alpha value is -1.76. The summed E-state index contributed by atoms with van der Waals surface area (Å²) in [5, 5.41) is 4.17. The van der Waals surface area contributed by atoms with Gasteiger partial charge in [-0.1, -0.05) is 21.1 Å². The SMILES string of the molecule is O=C(CCBr)OCc1cc(-c2ccc(F)cc2F)on1. The lowest BCUT2D eigenvalue weighted by atomic mass is 10.1. The molecule has 0 aliphatic rings. The second kappa shape index (κ2) is 6.60. The van der Waals surface area contributed by atoms with Gasteiger partial charge in [0.05, 0.1) is 12.0 Å². The van der Waals surface area contributed by atoms with Crippen molar-refractivity contribution in [2.24, 2.45) is 0 Å². The third-order valence-corrected chi connectivity index (χ3v) is 2.83. The molecule has 0 aliphatic heterocycles. The number of carbonyl (C=O) groups is 1. The highest BCUT2D eigenvalue weighted by atomic mass is 79.9. The summed E-state index contributed by atoms with van der Waals surface area (Å²) >= 11 is 3.12. The van der Waals surface area contributed by atoms with Crippen molar-refractivity contribution >= 4 is 21.9 Å². The highest BCUT2D eigenvalue weighted by molar-refractivity contribution is 9.09. The zero-order valence-electron chi connectivity index (χ0n) is 10.2. The van der Waals surface area contributed by atoms with E-state index in [-0.39, 0.29) is 30.3 Å². The molecule has 7 heteroatoms. The number of alkyl halides is 1. The van der Waals surface area contributed by atoms with Gasteiger partial charge < -0.3 is 9.26 Å². The maximum Gasteiger partial charge on any atom is 0.307 e. The number of aromatic nitrogens is 1. The first-order chi connectivity index (χ1) is 9.60. The predicted octanol–water partition coefficient (Wildman–Crippen LogP) is 3.45. The Kier molecular flexibility index (Phi) is 4.84. The van der Waals surface area contributed by atoms with Gasteiger partial charge in [-0.2, -0.15) is 0 Å². The summed E-state index contributed by atoms with van der Waals surface area (Å²) in [6.07, 6.45) is 0.247. The molecule has 0 fully saturated rings. The van der Waals surface area contributed by atoms with Crippen LogP contribution >= 0.6 is 15.9 Å². The number of hydrogen-bond donors (Lipinski definition) is 0. The molecule has 20 heavy (non-hydrogen) atoms. The Morgan fingerprint density at radius 2 is 2.15 bits per heavy atom. The van der Waals surface area contributed by atoms with Crippen molar-refractivity contribution in [2.75, 3.05) is 5.33 Å². The molecule has 2 aromatic rings. The van der Waals surface area contributed by atoms with E-state index in [1.165, 1.54) is 12.1 Å². The van der Waals surface area contributed by atoms with Crippen molar-refractivity contribution in [3.8, 4) is 11.3 Å². The first-order valence-electron chi connectivity index (χ1n) is 5.72. The minimum atomic E-state index is -0.746. The van der Waals surface area contributed by atoms with Crippen molar-refractivity contribution < 1.29 is 22.8 Å². The molecule has 0 spiro atoms. The summed E-state index contributed by atoms with van der Waals surface area (Å²) in [5.74, 6) is -1.65. The van der Waals surface area contributed by atoms with Gasteiger partial charge in [0.2, 0.25) is 0 Å². The first-order valence-corrected chi connectivity index (χ1v) is 6.85. The summed E-state index contributed by atoms with van der Waals surface area (Å²) in [5.41, 5.74) is 0.448. The Bertz CT molecular complexity index is 615. The Balaban J connectivity index is 2.07. The van der Waals surface area contributed by atoms with E-state index in [2.05, 4.69) is 21.1 Å².